The van der Waals surface area contributed by atoms with Gasteiger partial charge < -0.3 is 10.5 Å². The van der Waals surface area contributed by atoms with Crippen molar-refractivity contribution < 1.29 is 9.53 Å². The Bertz CT molecular complexity index is 175. The fourth-order valence-electron chi connectivity index (χ4n) is 0.437. The molecule has 0 radical (unpaired) electrons. The second-order valence-corrected chi connectivity index (χ2v) is 2.75. The topological polar surface area (TPSA) is 76.2 Å². The highest BCUT2D eigenvalue weighted by Gasteiger charge is 2.31. The van der Waals surface area contributed by atoms with Gasteiger partial charge >= 0.3 is 0 Å². The predicted octanol–water partition coefficient (Wildman–Crippen LogP) is 0.512. The van der Waals surface area contributed by atoms with E-state index >= 15 is 0 Å². The molecule has 0 aromatic rings. The van der Waals surface area contributed by atoms with Crippen LogP contribution in [0.5, 0.6) is 0 Å². The Balaban J connectivity index is 4.30. The van der Waals surface area contributed by atoms with Crippen LogP contribution >= 0.6 is 0 Å². The Morgan fingerprint density at radius 3 is 2.36 bits per heavy atom. The number of rotatable bonds is 3. The van der Waals surface area contributed by atoms with Crippen LogP contribution in [-0.2, 0) is 9.53 Å². The van der Waals surface area contributed by atoms with Crippen LogP contribution in [0.1, 0.15) is 20.8 Å². The summed E-state index contributed by atoms with van der Waals surface area (Å²) in [4.78, 5) is 10.7. The van der Waals surface area contributed by atoms with Crippen molar-refractivity contribution in [3.8, 4) is 0 Å². The lowest BCUT2D eigenvalue weighted by Gasteiger charge is -2.20. The third-order valence-electron chi connectivity index (χ3n) is 1.47. The molecule has 0 unspecified atom stereocenters. The van der Waals surface area contributed by atoms with Gasteiger partial charge in [-0.05, 0) is 20.8 Å². The minimum Gasteiger partial charge on any atom is -0.481 e. The molecule has 0 atom stereocenters. The summed E-state index contributed by atoms with van der Waals surface area (Å²) in [5.41, 5.74) is 4.05. The Morgan fingerprint density at radius 1 is 1.64 bits per heavy atom. The summed E-state index contributed by atoms with van der Waals surface area (Å²) in [5.74, 6) is -0.622. The number of carbonyl (C=O) groups excluding carboxylic acids is 1. The van der Waals surface area contributed by atoms with E-state index in [1.807, 2.05) is 0 Å². The van der Waals surface area contributed by atoms with Crippen LogP contribution in [0.2, 0.25) is 0 Å². The zero-order valence-electron chi connectivity index (χ0n) is 7.10. The highest BCUT2D eigenvalue weighted by Crippen LogP contribution is 2.16. The van der Waals surface area contributed by atoms with Gasteiger partial charge in [0.05, 0.1) is 6.61 Å². The molecule has 4 heteroatoms. The van der Waals surface area contributed by atoms with Crippen molar-refractivity contribution in [2.24, 2.45) is 11.1 Å². The summed E-state index contributed by atoms with van der Waals surface area (Å²) in [5, 5.41) is 7.30. The fraction of sp³-hybridized carbons (Fsp3) is 0.714. The number of nitrogens with one attached hydrogen (secondary N) is 1. The first kappa shape index (κ1) is 9.94. The lowest BCUT2D eigenvalue weighted by Crippen LogP contribution is -2.39. The van der Waals surface area contributed by atoms with Gasteiger partial charge in [-0.3, -0.25) is 10.2 Å². The highest BCUT2D eigenvalue weighted by molar-refractivity contribution is 6.02. The molecule has 0 aliphatic carbocycles. The number of hydrogen-bond donors (Lipinski definition) is 2. The highest BCUT2D eigenvalue weighted by atomic mass is 16.5. The van der Waals surface area contributed by atoms with E-state index < -0.39 is 11.3 Å². The van der Waals surface area contributed by atoms with Crippen molar-refractivity contribution in [3.05, 3.63) is 0 Å². The molecule has 0 aromatic heterocycles. The van der Waals surface area contributed by atoms with Gasteiger partial charge in [-0.15, -0.1) is 0 Å². The normalized spacial score (nSPS) is 10.8. The lowest BCUT2D eigenvalue weighted by atomic mass is 9.92. The van der Waals surface area contributed by atoms with Gasteiger partial charge in [0.1, 0.15) is 5.41 Å². The molecule has 3 N–H and O–H groups in total. The number of hydrogen-bond acceptors (Lipinski definition) is 3. The molecule has 0 fully saturated rings. The van der Waals surface area contributed by atoms with E-state index in [2.05, 4.69) is 0 Å². The molecular weight excluding hydrogens is 144 g/mol. The van der Waals surface area contributed by atoms with Crippen LogP contribution in [0, 0.1) is 10.8 Å². The van der Waals surface area contributed by atoms with Gasteiger partial charge in [-0.1, -0.05) is 0 Å². The van der Waals surface area contributed by atoms with E-state index in [4.69, 9.17) is 15.9 Å². The van der Waals surface area contributed by atoms with Gasteiger partial charge in [0.25, 0.3) is 0 Å². The molecule has 0 aromatic carbocycles. The van der Waals surface area contributed by atoms with E-state index in [0.717, 1.165) is 0 Å². The third-order valence-corrected chi connectivity index (χ3v) is 1.47. The monoisotopic (exact) mass is 158 g/mol. The van der Waals surface area contributed by atoms with Gasteiger partial charge in [0.2, 0.25) is 5.91 Å². The maximum Gasteiger partial charge on any atom is 0.232 e. The lowest BCUT2D eigenvalue weighted by molar-refractivity contribution is -0.123. The molecular formula is C7H14N2O2. The first-order valence-electron chi connectivity index (χ1n) is 3.44. The summed E-state index contributed by atoms with van der Waals surface area (Å²) >= 11 is 0. The minimum absolute atomic E-state index is 0.0764. The van der Waals surface area contributed by atoms with E-state index in [9.17, 15) is 4.79 Å². The van der Waals surface area contributed by atoms with Crippen LogP contribution in [-0.4, -0.2) is 18.4 Å². The third kappa shape index (κ3) is 2.22. The van der Waals surface area contributed by atoms with Crippen molar-refractivity contribution in [2.75, 3.05) is 6.61 Å². The SMILES string of the molecule is CCOC(=N)C(C)(C)C(N)=O. The first-order chi connectivity index (χ1) is 4.92. The Hall–Kier alpha value is -1.06. The molecule has 0 saturated heterocycles. The zero-order chi connectivity index (χ0) is 9.07. The van der Waals surface area contributed by atoms with Crippen LogP contribution < -0.4 is 5.73 Å². The molecule has 0 saturated carbocycles. The van der Waals surface area contributed by atoms with Gasteiger partial charge in [0.15, 0.2) is 5.90 Å². The summed E-state index contributed by atoms with van der Waals surface area (Å²) < 4.78 is 4.85. The van der Waals surface area contributed by atoms with Gasteiger partial charge in [-0.25, -0.2) is 0 Å². The Morgan fingerprint density at radius 2 is 2.09 bits per heavy atom. The molecule has 0 rings (SSSR count). The molecule has 0 spiro atoms. The maximum atomic E-state index is 10.7. The average molecular weight is 158 g/mol. The summed E-state index contributed by atoms with van der Waals surface area (Å²) in [6, 6.07) is 0. The Kier molecular flexibility index (Phi) is 3.04. The Labute approximate surface area is 66.2 Å². The van der Waals surface area contributed by atoms with E-state index in [-0.39, 0.29) is 5.90 Å². The molecule has 0 bridgehead atoms. The summed E-state index contributed by atoms with van der Waals surface area (Å²) in [7, 11) is 0. The van der Waals surface area contributed by atoms with Crippen molar-refractivity contribution >= 4 is 11.8 Å². The molecule has 0 aliphatic rings. The molecule has 4 nitrogen and oxygen atoms in total. The number of ether oxygens (including phenoxy) is 1. The van der Waals surface area contributed by atoms with Crippen molar-refractivity contribution in [1.29, 1.82) is 5.41 Å². The number of carbonyl (C=O) groups is 1. The predicted molar refractivity (Wildman–Crippen MR) is 42.3 cm³/mol. The zero-order valence-corrected chi connectivity index (χ0v) is 7.10. The smallest absolute Gasteiger partial charge is 0.232 e. The van der Waals surface area contributed by atoms with Crippen molar-refractivity contribution in [3.63, 3.8) is 0 Å². The maximum absolute atomic E-state index is 10.7. The molecule has 11 heavy (non-hydrogen) atoms. The van der Waals surface area contributed by atoms with Gasteiger partial charge in [0, 0.05) is 0 Å². The van der Waals surface area contributed by atoms with E-state index in [1.165, 1.54) is 0 Å². The van der Waals surface area contributed by atoms with Crippen LogP contribution in [0.3, 0.4) is 0 Å². The largest absolute Gasteiger partial charge is 0.481 e. The minimum atomic E-state index is -0.990. The van der Waals surface area contributed by atoms with Crippen LogP contribution in [0.25, 0.3) is 0 Å². The van der Waals surface area contributed by atoms with E-state index in [1.54, 1.807) is 20.8 Å². The van der Waals surface area contributed by atoms with Crippen molar-refractivity contribution in [2.45, 2.75) is 20.8 Å². The van der Waals surface area contributed by atoms with E-state index in [0.29, 0.717) is 6.61 Å². The van der Waals surface area contributed by atoms with Crippen LogP contribution in [0.4, 0.5) is 0 Å². The number of nitrogens with two attached hydrogens (primary N) is 1. The molecule has 64 valence electrons. The second kappa shape index (κ2) is 3.37. The first-order valence-corrected chi connectivity index (χ1v) is 3.44. The average Bonchev–Trinajstić information content (AvgIpc) is 1.88. The number of amides is 1. The van der Waals surface area contributed by atoms with Gasteiger partial charge in [-0.2, -0.15) is 0 Å². The number of primary amides is 1. The quantitative estimate of drug-likeness (QED) is 0.464. The standard InChI is InChI=1S/C7H14N2O2/c1-4-11-6(9)7(2,3)5(8)10/h9H,4H2,1-3H3,(H2,8,10). The fourth-order valence-corrected chi connectivity index (χ4v) is 0.437. The van der Waals surface area contributed by atoms with Crippen LogP contribution in [0.15, 0.2) is 0 Å². The second-order valence-electron chi connectivity index (χ2n) is 2.75. The molecule has 0 aliphatic heterocycles. The summed E-state index contributed by atoms with van der Waals surface area (Å²) in [6.07, 6.45) is 0. The summed E-state index contributed by atoms with van der Waals surface area (Å²) in [6.45, 7) is 5.27. The molecule has 0 heterocycles. The molecule has 1 amide bonds. The van der Waals surface area contributed by atoms with Crippen molar-refractivity contribution in [1.82, 2.24) is 0 Å².